The monoisotopic (exact) mass is 260 g/mol. The molecule has 17 heavy (non-hydrogen) atoms. The number of carboxylic acids is 1. The summed E-state index contributed by atoms with van der Waals surface area (Å²) in [6.45, 7) is 1.66. The van der Waals surface area contributed by atoms with E-state index in [9.17, 15) is 9.18 Å². The molecular formula is C12H14ClFO3. The highest BCUT2D eigenvalue weighted by atomic mass is 35.5. The summed E-state index contributed by atoms with van der Waals surface area (Å²) < 4.78 is 18.5. The summed E-state index contributed by atoms with van der Waals surface area (Å²) in [7, 11) is 1.45. The summed E-state index contributed by atoms with van der Waals surface area (Å²) in [6, 6.07) is 2.89. The van der Waals surface area contributed by atoms with Crippen LogP contribution in [0.25, 0.3) is 0 Å². The number of benzene rings is 1. The van der Waals surface area contributed by atoms with Gasteiger partial charge < -0.3 is 9.84 Å². The lowest BCUT2D eigenvalue weighted by Gasteiger charge is -2.10. The van der Waals surface area contributed by atoms with E-state index < -0.39 is 17.7 Å². The molecule has 0 aromatic heterocycles. The van der Waals surface area contributed by atoms with Crippen LogP contribution in [0.1, 0.15) is 18.1 Å². The number of carbonyl (C=O) groups is 1. The summed E-state index contributed by atoms with van der Waals surface area (Å²) in [5.41, 5.74) is 0.864. The third kappa shape index (κ3) is 3.68. The number of methoxy groups -OCH3 is 1. The smallest absolute Gasteiger partial charge is 0.306 e. The molecule has 3 nitrogen and oxygen atoms in total. The summed E-state index contributed by atoms with van der Waals surface area (Å²) in [5, 5.41) is 9.04. The van der Waals surface area contributed by atoms with Gasteiger partial charge in [0.2, 0.25) is 0 Å². The molecule has 1 unspecified atom stereocenters. The van der Waals surface area contributed by atoms with Crippen LogP contribution in [-0.2, 0) is 22.6 Å². The second-order valence-corrected chi connectivity index (χ2v) is 4.32. The minimum Gasteiger partial charge on any atom is -0.481 e. The van der Waals surface area contributed by atoms with Crippen molar-refractivity contribution in [2.45, 2.75) is 20.0 Å². The predicted molar refractivity (Wildman–Crippen MR) is 62.6 cm³/mol. The van der Waals surface area contributed by atoms with Gasteiger partial charge in [0.25, 0.3) is 0 Å². The van der Waals surface area contributed by atoms with E-state index in [2.05, 4.69) is 0 Å². The fraction of sp³-hybridized carbons (Fsp3) is 0.417. The van der Waals surface area contributed by atoms with E-state index in [1.54, 1.807) is 13.0 Å². The van der Waals surface area contributed by atoms with Crippen LogP contribution in [0.3, 0.4) is 0 Å². The van der Waals surface area contributed by atoms with Crippen molar-refractivity contribution in [1.82, 2.24) is 0 Å². The van der Waals surface area contributed by atoms with Crippen molar-refractivity contribution < 1.29 is 19.0 Å². The SMILES string of the molecule is COCc1c(F)cc(CC(C)C(=O)O)cc1Cl. The summed E-state index contributed by atoms with van der Waals surface area (Å²) in [5.74, 6) is -1.95. The highest BCUT2D eigenvalue weighted by Gasteiger charge is 2.15. The lowest BCUT2D eigenvalue weighted by molar-refractivity contribution is -0.141. The standard InChI is InChI=1S/C12H14ClFO3/c1-7(12(15)16)3-8-4-10(13)9(6-17-2)11(14)5-8/h4-5,7H,3,6H2,1-2H3,(H,15,16). The Morgan fingerprint density at radius 1 is 1.59 bits per heavy atom. The maximum Gasteiger partial charge on any atom is 0.306 e. The molecule has 1 N–H and O–H groups in total. The van der Waals surface area contributed by atoms with Crippen molar-refractivity contribution in [3.05, 3.63) is 34.1 Å². The average Bonchev–Trinajstić information content (AvgIpc) is 2.23. The van der Waals surface area contributed by atoms with E-state index in [1.165, 1.54) is 13.2 Å². The van der Waals surface area contributed by atoms with Gasteiger partial charge in [0.05, 0.1) is 12.5 Å². The lowest BCUT2D eigenvalue weighted by atomic mass is 10.00. The highest BCUT2D eigenvalue weighted by molar-refractivity contribution is 6.31. The Labute approximate surface area is 104 Å². The molecule has 1 atom stereocenters. The zero-order chi connectivity index (χ0) is 13.0. The fourth-order valence-electron chi connectivity index (χ4n) is 1.50. The summed E-state index contributed by atoms with van der Waals surface area (Å²) in [4.78, 5) is 10.7. The molecule has 1 aromatic rings. The number of carboxylic acid groups (broad SMARTS) is 1. The second-order valence-electron chi connectivity index (χ2n) is 3.91. The number of ether oxygens (including phenoxy) is 1. The van der Waals surface area contributed by atoms with Gasteiger partial charge in [0.1, 0.15) is 5.82 Å². The third-order valence-electron chi connectivity index (χ3n) is 2.45. The van der Waals surface area contributed by atoms with Gasteiger partial charge >= 0.3 is 5.97 Å². The first kappa shape index (κ1) is 13.9. The maximum absolute atomic E-state index is 13.6. The Kier molecular flexibility index (Phi) is 4.90. The van der Waals surface area contributed by atoms with Gasteiger partial charge in [-0.3, -0.25) is 4.79 Å². The van der Waals surface area contributed by atoms with Crippen molar-refractivity contribution in [3.8, 4) is 0 Å². The van der Waals surface area contributed by atoms with Crippen molar-refractivity contribution in [1.29, 1.82) is 0 Å². The van der Waals surface area contributed by atoms with Gasteiger partial charge in [-0.1, -0.05) is 18.5 Å². The Hall–Kier alpha value is -1.13. The molecule has 0 saturated heterocycles. The first-order valence-electron chi connectivity index (χ1n) is 5.14. The van der Waals surface area contributed by atoms with Crippen LogP contribution in [0.15, 0.2) is 12.1 Å². The maximum atomic E-state index is 13.6. The van der Waals surface area contributed by atoms with E-state index >= 15 is 0 Å². The Bertz CT molecular complexity index is 397. The first-order chi connectivity index (χ1) is 7.95. The van der Waals surface area contributed by atoms with Crippen LogP contribution in [0.2, 0.25) is 5.02 Å². The normalized spacial score (nSPS) is 12.5. The molecule has 0 saturated carbocycles. The van der Waals surface area contributed by atoms with Gasteiger partial charge in [-0.05, 0) is 24.1 Å². The zero-order valence-electron chi connectivity index (χ0n) is 9.67. The quantitative estimate of drug-likeness (QED) is 0.885. The van der Waals surface area contributed by atoms with Gasteiger partial charge in [-0.15, -0.1) is 0 Å². The lowest BCUT2D eigenvalue weighted by Crippen LogP contribution is -2.12. The number of halogens is 2. The van der Waals surface area contributed by atoms with E-state index in [0.29, 0.717) is 11.1 Å². The summed E-state index contributed by atoms with van der Waals surface area (Å²) >= 11 is 5.91. The van der Waals surface area contributed by atoms with Gasteiger partial charge in [-0.25, -0.2) is 4.39 Å². The van der Waals surface area contributed by atoms with Crippen molar-refractivity contribution in [3.63, 3.8) is 0 Å². The zero-order valence-corrected chi connectivity index (χ0v) is 10.4. The third-order valence-corrected chi connectivity index (χ3v) is 2.79. The van der Waals surface area contributed by atoms with Crippen molar-refractivity contribution in [2.24, 2.45) is 5.92 Å². The molecule has 0 aliphatic rings. The molecule has 5 heteroatoms. The fourth-order valence-corrected chi connectivity index (χ4v) is 1.78. The largest absolute Gasteiger partial charge is 0.481 e. The average molecular weight is 261 g/mol. The molecule has 94 valence electrons. The molecule has 0 heterocycles. The minimum atomic E-state index is -0.914. The van der Waals surface area contributed by atoms with Crippen LogP contribution in [0.4, 0.5) is 4.39 Å². The van der Waals surface area contributed by atoms with E-state index in [4.69, 9.17) is 21.4 Å². The molecule has 0 bridgehead atoms. The van der Waals surface area contributed by atoms with Crippen LogP contribution in [0.5, 0.6) is 0 Å². The molecule has 0 aliphatic carbocycles. The number of rotatable bonds is 5. The van der Waals surface area contributed by atoms with Crippen LogP contribution < -0.4 is 0 Å². The van der Waals surface area contributed by atoms with Crippen molar-refractivity contribution >= 4 is 17.6 Å². The van der Waals surface area contributed by atoms with Crippen LogP contribution >= 0.6 is 11.6 Å². The second kappa shape index (κ2) is 5.98. The van der Waals surface area contributed by atoms with Crippen LogP contribution in [0, 0.1) is 11.7 Å². The van der Waals surface area contributed by atoms with E-state index in [0.717, 1.165) is 0 Å². The Balaban J connectivity index is 2.94. The van der Waals surface area contributed by atoms with E-state index in [-0.39, 0.29) is 18.1 Å². The number of hydrogen-bond acceptors (Lipinski definition) is 2. The van der Waals surface area contributed by atoms with E-state index in [1.807, 2.05) is 0 Å². The Morgan fingerprint density at radius 3 is 2.71 bits per heavy atom. The number of aliphatic carboxylic acids is 1. The summed E-state index contributed by atoms with van der Waals surface area (Å²) in [6.07, 6.45) is 0.249. The number of hydrogen-bond donors (Lipinski definition) is 1. The molecule has 0 radical (unpaired) electrons. The predicted octanol–water partition coefficient (Wildman–Crippen LogP) is 2.89. The molecule has 0 fully saturated rings. The minimum absolute atomic E-state index is 0.0967. The molecular weight excluding hydrogens is 247 g/mol. The first-order valence-corrected chi connectivity index (χ1v) is 5.52. The van der Waals surface area contributed by atoms with Gasteiger partial charge in [0, 0.05) is 17.7 Å². The Morgan fingerprint density at radius 2 is 2.24 bits per heavy atom. The van der Waals surface area contributed by atoms with Crippen LogP contribution in [-0.4, -0.2) is 18.2 Å². The topological polar surface area (TPSA) is 46.5 Å². The van der Waals surface area contributed by atoms with Gasteiger partial charge in [-0.2, -0.15) is 0 Å². The highest BCUT2D eigenvalue weighted by Crippen LogP contribution is 2.24. The molecule has 1 rings (SSSR count). The molecule has 0 spiro atoms. The molecule has 0 amide bonds. The van der Waals surface area contributed by atoms with Crippen molar-refractivity contribution in [2.75, 3.05) is 7.11 Å². The van der Waals surface area contributed by atoms with Gasteiger partial charge in [0.15, 0.2) is 0 Å². The molecule has 1 aromatic carbocycles. The molecule has 0 aliphatic heterocycles.